The highest BCUT2D eigenvalue weighted by Crippen LogP contribution is 2.29. The molecule has 0 aliphatic rings. The average Bonchev–Trinajstić information content (AvgIpc) is 2.16. The maximum absolute atomic E-state index is 10.6. The van der Waals surface area contributed by atoms with Gasteiger partial charge in [0.1, 0.15) is 0 Å². The molecule has 1 aromatic rings. The van der Waals surface area contributed by atoms with E-state index in [0.29, 0.717) is 5.56 Å². The Morgan fingerprint density at radius 1 is 1.44 bits per heavy atom. The van der Waals surface area contributed by atoms with Gasteiger partial charge in [-0.25, -0.2) is 0 Å². The summed E-state index contributed by atoms with van der Waals surface area (Å²) < 4.78 is 0. The van der Waals surface area contributed by atoms with Crippen LogP contribution in [0.5, 0.6) is 0 Å². The lowest BCUT2D eigenvalue weighted by Crippen LogP contribution is -2.14. The second kappa shape index (κ2) is 5.32. The highest BCUT2D eigenvalue weighted by Gasteiger charge is 2.14. The van der Waals surface area contributed by atoms with Gasteiger partial charge in [-0.3, -0.25) is 10.1 Å². The Morgan fingerprint density at radius 2 is 2.06 bits per heavy atom. The zero-order valence-electron chi connectivity index (χ0n) is 9.51. The van der Waals surface area contributed by atoms with Crippen molar-refractivity contribution in [1.29, 1.82) is 0 Å². The molecule has 1 N–H and O–H groups in total. The fourth-order valence-corrected chi connectivity index (χ4v) is 2.24. The molecule has 0 aliphatic carbocycles. The molecule has 0 aromatic heterocycles. The van der Waals surface area contributed by atoms with Crippen LogP contribution in [-0.4, -0.2) is 21.4 Å². The minimum Gasteiger partial charge on any atom is -0.392 e. The van der Waals surface area contributed by atoms with Gasteiger partial charge in [0, 0.05) is 21.8 Å². The zero-order chi connectivity index (χ0) is 12.3. The maximum atomic E-state index is 10.6. The third kappa shape index (κ3) is 3.21. The second-order valence-corrected chi connectivity index (χ2v) is 5.22. The van der Waals surface area contributed by atoms with E-state index >= 15 is 0 Å². The first kappa shape index (κ1) is 13.0. The lowest BCUT2D eigenvalue weighted by atomic mass is 10.2. The van der Waals surface area contributed by atoms with Crippen LogP contribution in [-0.2, 0) is 0 Å². The van der Waals surface area contributed by atoms with Crippen molar-refractivity contribution < 1.29 is 10.0 Å². The summed E-state index contributed by atoms with van der Waals surface area (Å²) >= 11 is 1.51. The highest BCUT2D eigenvalue weighted by molar-refractivity contribution is 8.00. The van der Waals surface area contributed by atoms with E-state index in [0.717, 1.165) is 4.90 Å². The smallest absolute Gasteiger partial charge is 0.272 e. The lowest BCUT2D eigenvalue weighted by molar-refractivity contribution is -0.385. The SMILES string of the molecule is Cc1cc(SC(C)C(C)O)ccc1[N+](=O)[O-]. The van der Waals surface area contributed by atoms with Gasteiger partial charge in [0.25, 0.3) is 5.69 Å². The summed E-state index contributed by atoms with van der Waals surface area (Å²) in [6.45, 7) is 5.37. The standard InChI is InChI=1S/C11H15NO3S/c1-7-6-10(16-9(3)8(2)13)4-5-11(7)12(14)15/h4-6,8-9,13H,1-3H3. The second-order valence-electron chi connectivity index (χ2n) is 3.77. The lowest BCUT2D eigenvalue weighted by Gasteiger charge is -2.14. The van der Waals surface area contributed by atoms with E-state index in [1.54, 1.807) is 26.0 Å². The largest absolute Gasteiger partial charge is 0.392 e. The maximum Gasteiger partial charge on any atom is 0.272 e. The number of aliphatic hydroxyl groups excluding tert-OH is 1. The number of nitrogens with zero attached hydrogens (tertiary/aromatic N) is 1. The monoisotopic (exact) mass is 241 g/mol. The molecule has 1 aromatic carbocycles. The summed E-state index contributed by atoms with van der Waals surface area (Å²) in [6.07, 6.45) is -0.402. The minimum absolute atomic E-state index is 0.0702. The summed E-state index contributed by atoms with van der Waals surface area (Å²) in [4.78, 5) is 11.2. The van der Waals surface area contributed by atoms with Gasteiger partial charge in [0.05, 0.1) is 11.0 Å². The van der Waals surface area contributed by atoms with Gasteiger partial charge in [0.15, 0.2) is 0 Å². The van der Waals surface area contributed by atoms with Crippen molar-refractivity contribution >= 4 is 17.4 Å². The molecular weight excluding hydrogens is 226 g/mol. The quantitative estimate of drug-likeness (QED) is 0.500. The molecule has 16 heavy (non-hydrogen) atoms. The Kier molecular flexibility index (Phi) is 4.32. The normalized spacial score (nSPS) is 14.5. The van der Waals surface area contributed by atoms with E-state index in [-0.39, 0.29) is 15.9 Å². The highest BCUT2D eigenvalue weighted by atomic mass is 32.2. The minimum atomic E-state index is -0.402. The molecule has 0 saturated heterocycles. The van der Waals surface area contributed by atoms with Crippen LogP contribution in [0.25, 0.3) is 0 Å². The molecule has 5 heteroatoms. The van der Waals surface area contributed by atoms with Crippen molar-refractivity contribution in [1.82, 2.24) is 0 Å². The zero-order valence-corrected chi connectivity index (χ0v) is 10.3. The summed E-state index contributed by atoms with van der Waals surface area (Å²) in [7, 11) is 0. The number of aliphatic hydroxyl groups is 1. The number of benzene rings is 1. The molecule has 1 rings (SSSR count). The van der Waals surface area contributed by atoms with E-state index in [9.17, 15) is 15.2 Å². The predicted octanol–water partition coefficient (Wildman–Crippen LogP) is 2.76. The van der Waals surface area contributed by atoms with Crippen molar-refractivity contribution in [2.24, 2.45) is 0 Å². The van der Waals surface area contributed by atoms with Gasteiger partial charge in [-0.05, 0) is 26.0 Å². The Morgan fingerprint density at radius 3 is 2.50 bits per heavy atom. The number of rotatable bonds is 4. The fraction of sp³-hybridized carbons (Fsp3) is 0.455. The van der Waals surface area contributed by atoms with Crippen molar-refractivity contribution in [3.63, 3.8) is 0 Å². The van der Waals surface area contributed by atoms with Gasteiger partial charge in [-0.15, -0.1) is 11.8 Å². The summed E-state index contributed by atoms with van der Waals surface area (Å²) in [5, 5.41) is 20.1. The molecule has 0 saturated carbocycles. The van der Waals surface area contributed by atoms with Crippen molar-refractivity contribution in [2.45, 2.75) is 37.0 Å². The molecular formula is C11H15NO3S. The molecule has 0 spiro atoms. The Balaban J connectivity index is 2.85. The average molecular weight is 241 g/mol. The number of hydrogen-bond acceptors (Lipinski definition) is 4. The van der Waals surface area contributed by atoms with E-state index in [1.807, 2.05) is 6.92 Å². The van der Waals surface area contributed by atoms with Crippen LogP contribution in [0.1, 0.15) is 19.4 Å². The predicted molar refractivity (Wildman–Crippen MR) is 64.8 cm³/mol. The molecule has 0 amide bonds. The van der Waals surface area contributed by atoms with Gasteiger partial charge < -0.3 is 5.11 Å². The van der Waals surface area contributed by atoms with Crippen LogP contribution in [0, 0.1) is 17.0 Å². The van der Waals surface area contributed by atoms with Crippen LogP contribution < -0.4 is 0 Å². The third-order valence-electron chi connectivity index (χ3n) is 2.37. The molecule has 4 nitrogen and oxygen atoms in total. The van der Waals surface area contributed by atoms with Crippen LogP contribution in [0.15, 0.2) is 23.1 Å². The van der Waals surface area contributed by atoms with Crippen molar-refractivity contribution in [2.75, 3.05) is 0 Å². The topological polar surface area (TPSA) is 63.4 Å². The Hall–Kier alpha value is -1.07. The number of aryl methyl sites for hydroxylation is 1. The van der Waals surface area contributed by atoms with Crippen LogP contribution in [0.4, 0.5) is 5.69 Å². The first-order valence-electron chi connectivity index (χ1n) is 5.01. The fourth-order valence-electron chi connectivity index (χ4n) is 1.22. The summed E-state index contributed by atoms with van der Waals surface area (Å²) in [6, 6.07) is 5.00. The molecule has 0 aliphatic heterocycles. The van der Waals surface area contributed by atoms with Gasteiger partial charge >= 0.3 is 0 Å². The summed E-state index contributed by atoms with van der Waals surface area (Å²) in [5.74, 6) is 0. The molecule has 0 radical (unpaired) electrons. The number of nitro benzene ring substituents is 1. The van der Waals surface area contributed by atoms with Gasteiger partial charge in [0.2, 0.25) is 0 Å². The van der Waals surface area contributed by atoms with Crippen LogP contribution >= 0.6 is 11.8 Å². The van der Waals surface area contributed by atoms with Crippen LogP contribution in [0.3, 0.4) is 0 Å². The van der Waals surface area contributed by atoms with Crippen LogP contribution in [0.2, 0.25) is 0 Å². The Bertz CT molecular complexity index is 393. The van der Waals surface area contributed by atoms with E-state index in [1.165, 1.54) is 17.8 Å². The van der Waals surface area contributed by atoms with E-state index in [2.05, 4.69) is 0 Å². The number of thioether (sulfide) groups is 1. The molecule has 2 unspecified atom stereocenters. The van der Waals surface area contributed by atoms with Gasteiger partial charge in [-0.1, -0.05) is 6.92 Å². The van der Waals surface area contributed by atoms with E-state index < -0.39 is 6.10 Å². The first-order valence-corrected chi connectivity index (χ1v) is 5.89. The first-order chi connectivity index (χ1) is 7.41. The number of nitro groups is 1. The summed E-state index contributed by atoms with van der Waals surface area (Å²) in [5.41, 5.74) is 0.779. The molecule has 0 fully saturated rings. The molecule has 2 atom stereocenters. The van der Waals surface area contributed by atoms with Crippen molar-refractivity contribution in [3.8, 4) is 0 Å². The third-order valence-corrected chi connectivity index (χ3v) is 3.66. The van der Waals surface area contributed by atoms with E-state index in [4.69, 9.17) is 0 Å². The molecule has 0 heterocycles. The molecule has 88 valence electrons. The number of hydrogen-bond donors (Lipinski definition) is 1. The molecule has 0 bridgehead atoms. The van der Waals surface area contributed by atoms with Gasteiger partial charge in [-0.2, -0.15) is 0 Å². The van der Waals surface area contributed by atoms with Crippen molar-refractivity contribution in [3.05, 3.63) is 33.9 Å². The Labute approximate surface area is 98.8 Å².